The Morgan fingerprint density at radius 2 is 2.38 bits per heavy atom. The largest absolute Gasteiger partial charge is 0.383 e. The van der Waals surface area contributed by atoms with Crippen LogP contribution in [-0.4, -0.2) is 51.8 Å². The molecule has 0 saturated heterocycles. The molecule has 0 saturated carbocycles. The molecule has 16 heavy (non-hydrogen) atoms. The van der Waals surface area contributed by atoms with E-state index in [9.17, 15) is 0 Å². The van der Waals surface area contributed by atoms with Crippen LogP contribution in [0.1, 0.15) is 4.88 Å². The summed E-state index contributed by atoms with van der Waals surface area (Å²) < 4.78 is 5.24. The molecule has 1 N–H and O–H groups in total. The molecular weight excluding hydrogens is 220 g/mol. The topological polar surface area (TPSA) is 24.5 Å². The van der Waals surface area contributed by atoms with Crippen LogP contribution >= 0.6 is 11.3 Å². The molecule has 1 heterocycles. The summed E-state index contributed by atoms with van der Waals surface area (Å²) in [6.45, 7) is 2.83. The summed E-state index contributed by atoms with van der Waals surface area (Å²) in [4.78, 5) is 3.81. The highest BCUT2D eigenvalue weighted by atomic mass is 32.1. The Labute approximate surface area is 102 Å². The van der Waals surface area contributed by atoms with Gasteiger partial charge in [-0.25, -0.2) is 0 Å². The molecule has 0 aliphatic heterocycles. The third-order valence-corrected chi connectivity index (χ3v) is 3.65. The molecule has 4 heteroatoms. The lowest BCUT2D eigenvalue weighted by atomic mass is 10.2. The normalized spacial score (nSPS) is 13.2. The van der Waals surface area contributed by atoms with Gasteiger partial charge in [0.15, 0.2) is 0 Å². The fraction of sp³-hybridized carbons (Fsp3) is 0.667. The number of likely N-dealkylation sites (N-methyl/N-ethyl adjacent to an activating group) is 2. The summed E-state index contributed by atoms with van der Waals surface area (Å²) in [6, 6.07) is 4.76. The first kappa shape index (κ1) is 13.6. The first-order valence-electron chi connectivity index (χ1n) is 5.64. The smallest absolute Gasteiger partial charge is 0.0630 e. The van der Waals surface area contributed by atoms with Gasteiger partial charge in [-0.15, -0.1) is 11.3 Å². The summed E-state index contributed by atoms with van der Waals surface area (Å²) in [7, 11) is 5.90. The van der Waals surface area contributed by atoms with Crippen molar-refractivity contribution in [3.05, 3.63) is 22.4 Å². The molecule has 0 spiro atoms. The van der Waals surface area contributed by atoms with Crippen LogP contribution in [0.2, 0.25) is 0 Å². The van der Waals surface area contributed by atoms with E-state index in [2.05, 4.69) is 34.8 Å². The maximum Gasteiger partial charge on any atom is 0.0630 e. The van der Waals surface area contributed by atoms with Gasteiger partial charge in [0.25, 0.3) is 0 Å². The zero-order chi connectivity index (χ0) is 11.8. The predicted molar refractivity (Wildman–Crippen MR) is 70.2 cm³/mol. The van der Waals surface area contributed by atoms with E-state index in [4.69, 9.17) is 4.74 Å². The molecule has 92 valence electrons. The van der Waals surface area contributed by atoms with E-state index < -0.39 is 0 Å². The minimum absolute atomic E-state index is 0.454. The zero-order valence-electron chi connectivity index (χ0n) is 10.4. The van der Waals surface area contributed by atoms with Gasteiger partial charge in [0.1, 0.15) is 0 Å². The summed E-state index contributed by atoms with van der Waals surface area (Å²) in [5.41, 5.74) is 0. The van der Waals surface area contributed by atoms with E-state index in [1.54, 1.807) is 7.11 Å². The zero-order valence-corrected chi connectivity index (χ0v) is 11.2. The molecule has 1 unspecified atom stereocenters. The van der Waals surface area contributed by atoms with Crippen molar-refractivity contribution in [2.45, 2.75) is 12.5 Å². The molecule has 0 radical (unpaired) electrons. The van der Waals surface area contributed by atoms with Gasteiger partial charge in [-0.2, -0.15) is 0 Å². The van der Waals surface area contributed by atoms with Crippen molar-refractivity contribution < 1.29 is 4.74 Å². The van der Waals surface area contributed by atoms with Crippen LogP contribution < -0.4 is 5.32 Å². The second-order valence-electron chi connectivity index (χ2n) is 3.98. The second kappa shape index (κ2) is 7.79. The summed E-state index contributed by atoms with van der Waals surface area (Å²) in [5.74, 6) is 0. The third kappa shape index (κ3) is 4.61. The maximum absolute atomic E-state index is 5.24. The molecule has 0 amide bonds. The third-order valence-electron chi connectivity index (χ3n) is 2.71. The van der Waals surface area contributed by atoms with Crippen molar-refractivity contribution in [3.8, 4) is 0 Å². The van der Waals surface area contributed by atoms with E-state index in [1.807, 2.05) is 18.4 Å². The number of nitrogens with one attached hydrogen (secondary N) is 1. The van der Waals surface area contributed by atoms with Crippen molar-refractivity contribution in [3.63, 3.8) is 0 Å². The molecule has 0 aliphatic carbocycles. The minimum Gasteiger partial charge on any atom is -0.383 e. The van der Waals surface area contributed by atoms with Gasteiger partial charge >= 0.3 is 0 Å². The molecule has 3 nitrogen and oxygen atoms in total. The predicted octanol–water partition coefficient (Wildman–Crippen LogP) is 1.46. The molecule has 0 aliphatic rings. The quantitative estimate of drug-likeness (QED) is 0.747. The Bertz CT molecular complexity index is 258. The number of hydrogen-bond acceptors (Lipinski definition) is 4. The lowest BCUT2D eigenvalue weighted by Crippen LogP contribution is -2.43. The number of methoxy groups -OCH3 is 1. The number of ether oxygens (including phenoxy) is 1. The molecule has 0 fully saturated rings. The van der Waals surface area contributed by atoms with Crippen LogP contribution in [-0.2, 0) is 11.2 Å². The fourth-order valence-electron chi connectivity index (χ4n) is 1.69. The molecular formula is C12H22N2OS. The Balaban J connectivity index is 2.33. The van der Waals surface area contributed by atoms with Gasteiger partial charge in [-0.3, -0.25) is 4.90 Å². The highest BCUT2D eigenvalue weighted by molar-refractivity contribution is 7.09. The standard InChI is InChI=1S/C12H22N2OS/c1-13-9-11(10-15-3)14(2)7-6-12-5-4-8-16-12/h4-5,8,11,13H,6-7,9-10H2,1-3H3. The summed E-state index contributed by atoms with van der Waals surface area (Å²) in [5, 5.41) is 5.34. The van der Waals surface area contributed by atoms with Crippen molar-refractivity contribution >= 4 is 11.3 Å². The van der Waals surface area contributed by atoms with E-state index in [1.165, 1.54) is 4.88 Å². The molecule has 0 bridgehead atoms. The van der Waals surface area contributed by atoms with E-state index in [0.29, 0.717) is 6.04 Å². The van der Waals surface area contributed by atoms with Crippen LogP contribution in [0.4, 0.5) is 0 Å². The van der Waals surface area contributed by atoms with E-state index in [-0.39, 0.29) is 0 Å². The number of thiophene rings is 1. The highest BCUT2D eigenvalue weighted by Gasteiger charge is 2.13. The first-order valence-corrected chi connectivity index (χ1v) is 6.52. The van der Waals surface area contributed by atoms with Crippen molar-refractivity contribution in [1.82, 2.24) is 10.2 Å². The minimum atomic E-state index is 0.454. The van der Waals surface area contributed by atoms with Crippen molar-refractivity contribution in [2.24, 2.45) is 0 Å². The van der Waals surface area contributed by atoms with Gasteiger partial charge in [0.2, 0.25) is 0 Å². The molecule has 1 rings (SSSR count). The second-order valence-corrected chi connectivity index (χ2v) is 5.01. The molecule has 1 atom stereocenters. The number of rotatable bonds is 8. The van der Waals surface area contributed by atoms with Crippen LogP contribution in [0.3, 0.4) is 0 Å². The SMILES string of the molecule is CNCC(COC)N(C)CCc1cccs1. The molecule has 1 aromatic heterocycles. The average Bonchev–Trinajstić information content (AvgIpc) is 2.78. The van der Waals surface area contributed by atoms with Gasteiger partial charge in [-0.05, 0) is 32.0 Å². The Hall–Kier alpha value is -0.420. The van der Waals surface area contributed by atoms with Crippen LogP contribution in [0, 0.1) is 0 Å². The average molecular weight is 242 g/mol. The number of hydrogen-bond donors (Lipinski definition) is 1. The van der Waals surface area contributed by atoms with Gasteiger partial charge in [-0.1, -0.05) is 6.07 Å². The monoisotopic (exact) mass is 242 g/mol. The Morgan fingerprint density at radius 1 is 1.56 bits per heavy atom. The lowest BCUT2D eigenvalue weighted by Gasteiger charge is -2.27. The van der Waals surface area contributed by atoms with E-state index in [0.717, 1.165) is 26.1 Å². The highest BCUT2D eigenvalue weighted by Crippen LogP contribution is 2.10. The molecule has 1 aromatic rings. The Morgan fingerprint density at radius 3 is 2.94 bits per heavy atom. The lowest BCUT2D eigenvalue weighted by molar-refractivity contribution is 0.107. The van der Waals surface area contributed by atoms with Crippen molar-refractivity contribution in [2.75, 3.05) is 40.9 Å². The van der Waals surface area contributed by atoms with Gasteiger partial charge in [0, 0.05) is 31.1 Å². The first-order chi connectivity index (χ1) is 7.77. The summed E-state index contributed by atoms with van der Waals surface area (Å²) >= 11 is 1.83. The summed E-state index contributed by atoms with van der Waals surface area (Å²) in [6.07, 6.45) is 1.12. The van der Waals surface area contributed by atoms with E-state index >= 15 is 0 Å². The Kier molecular flexibility index (Phi) is 6.64. The van der Waals surface area contributed by atoms with Crippen molar-refractivity contribution in [1.29, 1.82) is 0 Å². The number of nitrogens with zero attached hydrogens (tertiary/aromatic N) is 1. The van der Waals surface area contributed by atoms with Crippen LogP contribution in [0.15, 0.2) is 17.5 Å². The van der Waals surface area contributed by atoms with Gasteiger partial charge in [0.05, 0.1) is 6.61 Å². The van der Waals surface area contributed by atoms with Gasteiger partial charge < -0.3 is 10.1 Å². The van der Waals surface area contributed by atoms with Crippen LogP contribution in [0.25, 0.3) is 0 Å². The maximum atomic E-state index is 5.24. The molecule has 0 aromatic carbocycles. The fourth-order valence-corrected chi connectivity index (χ4v) is 2.39. The van der Waals surface area contributed by atoms with Crippen LogP contribution in [0.5, 0.6) is 0 Å².